The van der Waals surface area contributed by atoms with E-state index in [1.54, 1.807) is 0 Å². The fraction of sp³-hybridized carbons (Fsp3) is 0.250. The van der Waals surface area contributed by atoms with Crippen molar-refractivity contribution in [3.8, 4) is 11.8 Å². The molecule has 0 radical (unpaired) electrons. The molecule has 0 spiro atoms. The average Bonchev–Trinajstić information content (AvgIpc) is 2.58. The zero-order valence-electron chi connectivity index (χ0n) is 13.4. The third kappa shape index (κ3) is 5.88. The lowest BCUT2D eigenvalue weighted by molar-refractivity contribution is 0.0325. The Bertz CT molecular complexity index is 666. The zero-order chi connectivity index (χ0) is 16.5. The summed E-state index contributed by atoms with van der Waals surface area (Å²) in [6, 6.07) is 19.0. The van der Waals surface area contributed by atoms with Gasteiger partial charge < -0.3 is 9.47 Å². The van der Waals surface area contributed by atoms with E-state index in [9.17, 15) is 4.79 Å². The highest BCUT2D eigenvalue weighted by Crippen LogP contribution is 2.17. The Morgan fingerprint density at radius 2 is 1.61 bits per heavy atom. The highest BCUT2D eigenvalue weighted by Gasteiger charge is 2.15. The van der Waals surface area contributed by atoms with Crippen LogP contribution in [-0.4, -0.2) is 12.8 Å². The minimum Gasteiger partial charge on any atom is -0.434 e. The highest BCUT2D eigenvalue weighted by atomic mass is 16.7. The number of benzene rings is 2. The standard InChI is InChI=1S/C20H20O3/c1-16(2)15-22-20(21)23-19(18-11-7-4-8-12-18)14-13-17-9-5-3-6-10-17/h3-12,16,19H,15H2,1-2H3. The van der Waals surface area contributed by atoms with E-state index < -0.39 is 12.3 Å². The van der Waals surface area contributed by atoms with Gasteiger partial charge in [-0.2, -0.15) is 0 Å². The fourth-order valence-electron chi connectivity index (χ4n) is 1.84. The largest absolute Gasteiger partial charge is 0.509 e. The summed E-state index contributed by atoms with van der Waals surface area (Å²) >= 11 is 0. The first-order chi connectivity index (χ1) is 11.1. The molecule has 3 nitrogen and oxygen atoms in total. The van der Waals surface area contributed by atoms with Crippen molar-refractivity contribution >= 4 is 6.16 Å². The van der Waals surface area contributed by atoms with Crippen molar-refractivity contribution < 1.29 is 14.3 Å². The lowest BCUT2D eigenvalue weighted by Crippen LogP contribution is -2.14. The van der Waals surface area contributed by atoms with Gasteiger partial charge in [0.1, 0.15) is 0 Å². The van der Waals surface area contributed by atoms with Crippen LogP contribution in [-0.2, 0) is 9.47 Å². The zero-order valence-corrected chi connectivity index (χ0v) is 13.4. The number of carbonyl (C=O) groups excluding carboxylic acids is 1. The number of rotatable bonds is 4. The normalized spacial score (nSPS) is 11.3. The molecule has 118 valence electrons. The van der Waals surface area contributed by atoms with Gasteiger partial charge in [-0.25, -0.2) is 4.79 Å². The van der Waals surface area contributed by atoms with Crippen LogP contribution in [0.15, 0.2) is 60.7 Å². The van der Waals surface area contributed by atoms with Crippen LogP contribution in [0.4, 0.5) is 4.79 Å². The van der Waals surface area contributed by atoms with E-state index in [0.717, 1.165) is 11.1 Å². The maximum Gasteiger partial charge on any atom is 0.509 e. The van der Waals surface area contributed by atoms with E-state index in [-0.39, 0.29) is 5.92 Å². The van der Waals surface area contributed by atoms with Crippen LogP contribution in [0.5, 0.6) is 0 Å². The van der Waals surface area contributed by atoms with E-state index in [2.05, 4.69) is 11.8 Å². The predicted molar refractivity (Wildman–Crippen MR) is 89.8 cm³/mol. The minimum atomic E-state index is -0.699. The summed E-state index contributed by atoms with van der Waals surface area (Å²) in [4.78, 5) is 11.8. The molecule has 2 rings (SSSR count). The van der Waals surface area contributed by atoms with Crippen LogP contribution in [0.1, 0.15) is 31.1 Å². The third-order valence-corrected chi connectivity index (χ3v) is 2.97. The molecule has 0 aromatic heterocycles. The lowest BCUT2D eigenvalue weighted by Gasteiger charge is -2.13. The Hall–Kier alpha value is -2.73. The molecular formula is C20H20O3. The van der Waals surface area contributed by atoms with Crippen molar-refractivity contribution in [2.75, 3.05) is 6.61 Å². The summed E-state index contributed by atoms with van der Waals surface area (Å²) in [5.41, 5.74) is 1.69. The molecule has 0 fully saturated rings. The maximum absolute atomic E-state index is 11.8. The number of carbonyl (C=O) groups is 1. The van der Waals surface area contributed by atoms with Gasteiger partial charge in [-0.15, -0.1) is 0 Å². The molecule has 1 unspecified atom stereocenters. The van der Waals surface area contributed by atoms with Crippen LogP contribution in [0, 0.1) is 17.8 Å². The Balaban J connectivity index is 2.13. The molecule has 3 heteroatoms. The summed E-state index contributed by atoms with van der Waals surface area (Å²) < 4.78 is 10.5. The second-order valence-corrected chi connectivity index (χ2v) is 5.50. The average molecular weight is 308 g/mol. The lowest BCUT2D eigenvalue weighted by atomic mass is 10.1. The smallest absolute Gasteiger partial charge is 0.434 e. The Morgan fingerprint density at radius 1 is 1.00 bits per heavy atom. The first kappa shape index (κ1) is 16.6. The van der Waals surface area contributed by atoms with Gasteiger partial charge in [0.2, 0.25) is 0 Å². The van der Waals surface area contributed by atoms with E-state index in [1.165, 1.54) is 0 Å². The summed E-state index contributed by atoms with van der Waals surface area (Å²) in [5, 5.41) is 0. The molecular weight excluding hydrogens is 288 g/mol. The van der Waals surface area contributed by atoms with E-state index in [4.69, 9.17) is 9.47 Å². The quantitative estimate of drug-likeness (QED) is 0.612. The molecule has 0 aliphatic heterocycles. The molecule has 23 heavy (non-hydrogen) atoms. The van der Waals surface area contributed by atoms with E-state index in [1.807, 2.05) is 74.5 Å². The van der Waals surface area contributed by atoms with E-state index >= 15 is 0 Å². The second-order valence-electron chi connectivity index (χ2n) is 5.50. The first-order valence-electron chi connectivity index (χ1n) is 7.60. The molecule has 0 aliphatic carbocycles. The van der Waals surface area contributed by atoms with Gasteiger partial charge in [0.25, 0.3) is 0 Å². The van der Waals surface area contributed by atoms with Crippen LogP contribution in [0.3, 0.4) is 0 Å². The molecule has 0 heterocycles. The monoisotopic (exact) mass is 308 g/mol. The minimum absolute atomic E-state index is 0.258. The summed E-state index contributed by atoms with van der Waals surface area (Å²) in [5.74, 6) is 6.29. The summed E-state index contributed by atoms with van der Waals surface area (Å²) in [7, 11) is 0. The van der Waals surface area contributed by atoms with Gasteiger partial charge in [-0.05, 0) is 24.0 Å². The maximum atomic E-state index is 11.8. The van der Waals surface area contributed by atoms with Crippen LogP contribution < -0.4 is 0 Å². The topological polar surface area (TPSA) is 35.5 Å². The highest BCUT2D eigenvalue weighted by molar-refractivity contribution is 5.61. The molecule has 0 saturated heterocycles. The van der Waals surface area contributed by atoms with Crippen LogP contribution >= 0.6 is 0 Å². The van der Waals surface area contributed by atoms with Crippen molar-refractivity contribution in [1.82, 2.24) is 0 Å². The molecule has 1 atom stereocenters. The summed E-state index contributed by atoms with van der Waals surface area (Å²) in [6.45, 7) is 4.26. The van der Waals surface area contributed by atoms with Crippen molar-refractivity contribution in [2.24, 2.45) is 5.92 Å². The molecule has 0 saturated carbocycles. The first-order valence-corrected chi connectivity index (χ1v) is 7.60. The van der Waals surface area contributed by atoms with Crippen molar-refractivity contribution in [3.63, 3.8) is 0 Å². The van der Waals surface area contributed by atoms with Crippen molar-refractivity contribution in [2.45, 2.75) is 20.0 Å². The molecule has 2 aromatic rings. The molecule has 2 aromatic carbocycles. The third-order valence-electron chi connectivity index (χ3n) is 2.97. The molecule has 0 bridgehead atoms. The number of ether oxygens (including phenoxy) is 2. The fourth-order valence-corrected chi connectivity index (χ4v) is 1.84. The van der Waals surface area contributed by atoms with Crippen molar-refractivity contribution in [3.05, 3.63) is 71.8 Å². The van der Waals surface area contributed by atoms with Crippen LogP contribution in [0.25, 0.3) is 0 Å². The Labute approximate surface area is 137 Å². The predicted octanol–water partition coefficient (Wildman–Crippen LogP) is 4.59. The van der Waals surface area contributed by atoms with Gasteiger partial charge in [0.15, 0.2) is 6.10 Å². The molecule has 0 amide bonds. The van der Waals surface area contributed by atoms with Gasteiger partial charge in [-0.1, -0.05) is 68.3 Å². The van der Waals surface area contributed by atoms with Gasteiger partial charge in [0.05, 0.1) is 6.61 Å². The number of hydrogen-bond donors (Lipinski definition) is 0. The molecule has 0 aliphatic rings. The van der Waals surface area contributed by atoms with Gasteiger partial charge in [-0.3, -0.25) is 0 Å². The Kier molecular flexibility index (Phi) is 6.26. The number of hydrogen-bond acceptors (Lipinski definition) is 3. The van der Waals surface area contributed by atoms with Gasteiger partial charge >= 0.3 is 6.16 Å². The summed E-state index contributed by atoms with van der Waals surface area (Å²) in [6.07, 6.45) is -1.36. The molecule has 0 N–H and O–H groups in total. The SMILES string of the molecule is CC(C)COC(=O)OC(C#Cc1ccccc1)c1ccccc1. The van der Waals surface area contributed by atoms with Crippen LogP contribution in [0.2, 0.25) is 0 Å². The second kappa shape index (κ2) is 8.65. The van der Waals surface area contributed by atoms with Gasteiger partial charge in [0, 0.05) is 11.1 Å². The van der Waals surface area contributed by atoms with Crippen molar-refractivity contribution in [1.29, 1.82) is 0 Å². The van der Waals surface area contributed by atoms with E-state index in [0.29, 0.717) is 6.61 Å². The Morgan fingerprint density at radius 3 is 2.22 bits per heavy atom.